The molecule has 0 unspecified atom stereocenters. The molecule has 1 fully saturated rings. The standard InChI is InChI=1S/C16H19FN2O2S2/c1-13-11-14(17)4-5-16(13)23(20,21)19-8-6-18(7-9-19)12-15-3-2-10-22-15/h2-5,10-11H,6-9,12H2,1H3. The second kappa shape index (κ2) is 6.68. The number of aryl methyl sites for hydroxylation is 1. The monoisotopic (exact) mass is 354 g/mol. The summed E-state index contributed by atoms with van der Waals surface area (Å²) in [4.78, 5) is 3.75. The van der Waals surface area contributed by atoms with Crippen molar-refractivity contribution < 1.29 is 12.8 Å². The Morgan fingerprint density at radius 1 is 1.17 bits per heavy atom. The number of rotatable bonds is 4. The van der Waals surface area contributed by atoms with Crippen LogP contribution in [0.3, 0.4) is 0 Å². The summed E-state index contributed by atoms with van der Waals surface area (Å²) in [7, 11) is -3.55. The molecular formula is C16H19FN2O2S2. The van der Waals surface area contributed by atoms with E-state index < -0.39 is 15.8 Å². The van der Waals surface area contributed by atoms with E-state index in [1.807, 2.05) is 11.4 Å². The summed E-state index contributed by atoms with van der Waals surface area (Å²) in [5, 5.41) is 2.05. The van der Waals surface area contributed by atoms with Gasteiger partial charge in [0.2, 0.25) is 10.0 Å². The Morgan fingerprint density at radius 3 is 2.52 bits per heavy atom. The lowest BCUT2D eigenvalue weighted by Gasteiger charge is -2.34. The fraction of sp³-hybridized carbons (Fsp3) is 0.375. The van der Waals surface area contributed by atoms with Crippen LogP contribution in [0.4, 0.5) is 4.39 Å². The van der Waals surface area contributed by atoms with Gasteiger partial charge in [0.15, 0.2) is 0 Å². The third-order valence-corrected chi connectivity index (χ3v) is 6.97. The highest BCUT2D eigenvalue weighted by molar-refractivity contribution is 7.89. The molecule has 1 saturated heterocycles. The van der Waals surface area contributed by atoms with Crippen LogP contribution in [0.15, 0.2) is 40.6 Å². The van der Waals surface area contributed by atoms with E-state index in [1.54, 1.807) is 18.3 Å². The van der Waals surface area contributed by atoms with Crippen LogP contribution in [0.25, 0.3) is 0 Å². The molecule has 124 valence electrons. The molecule has 1 aromatic carbocycles. The normalized spacial score (nSPS) is 17.5. The van der Waals surface area contributed by atoms with Crippen LogP contribution in [0.2, 0.25) is 0 Å². The van der Waals surface area contributed by atoms with Gasteiger partial charge in [0.25, 0.3) is 0 Å². The van der Waals surface area contributed by atoms with Gasteiger partial charge < -0.3 is 0 Å². The summed E-state index contributed by atoms with van der Waals surface area (Å²) >= 11 is 1.71. The van der Waals surface area contributed by atoms with Crippen molar-refractivity contribution >= 4 is 21.4 Å². The van der Waals surface area contributed by atoms with Crippen LogP contribution in [-0.2, 0) is 16.6 Å². The van der Waals surface area contributed by atoms with E-state index in [4.69, 9.17) is 0 Å². The first kappa shape index (κ1) is 16.6. The summed E-state index contributed by atoms with van der Waals surface area (Å²) in [5.74, 6) is -0.415. The minimum absolute atomic E-state index is 0.200. The molecule has 0 radical (unpaired) electrons. The fourth-order valence-corrected chi connectivity index (χ4v) is 5.17. The van der Waals surface area contributed by atoms with Gasteiger partial charge in [-0.1, -0.05) is 6.07 Å². The molecule has 1 aliphatic rings. The lowest BCUT2D eigenvalue weighted by atomic mass is 10.2. The minimum Gasteiger partial charge on any atom is -0.296 e. The maximum Gasteiger partial charge on any atom is 0.243 e. The molecule has 0 spiro atoms. The molecule has 0 saturated carbocycles. The molecule has 0 atom stereocenters. The van der Waals surface area contributed by atoms with Crippen molar-refractivity contribution in [1.82, 2.24) is 9.21 Å². The lowest BCUT2D eigenvalue weighted by Crippen LogP contribution is -2.48. The Hall–Kier alpha value is -1.28. The zero-order valence-electron chi connectivity index (χ0n) is 12.9. The molecule has 2 aromatic rings. The van der Waals surface area contributed by atoms with E-state index in [2.05, 4.69) is 11.0 Å². The van der Waals surface area contributed by atoms with Crippen LogP contribution in [0, 0.1) is 12.7 Å². The summed E-state index contributed by atoms with van der Waals surface area (Å²) < 4.78 is 40.2. The topological polar surface area (TPSA) is 40.6 Å². The maximum atomic E-state index is 13.2. The Balaban J connectivity index is 1.68. The summed E-state index contributed by atoms with van der Waals surface area (Å²) in [6.45, 7) is 4.83. The number of halogens is 1. The number of hydrogen-bond acceptors (Lipinski definition) is 4. The summed E-state index contributed by atoms with van der Waals surface area (Å²) in [6, 6.07) is 7.94. The van der Waals surface area contributed by atoms with Gasteiger partial charge in [0.1, 0.15) is 5.82 Å². The zero-order chi connectivity index (χ0) is 16.4. The molecule has 0 N–H and O–H groups in total. The zero-order valence-corrected chi connectivity index (χ0v) is 14.5. The summed E-state index contributed by atoms with van der Waals surface area (Å²) in [5.41, 5.74) is 0.450. The van der Waals surface area contributed by atoms with Crippen LogP contribution in [0.1, 0.15) is 10.4 Å². The predicted molar refractivity (Wildman–Crippen MR) is 89.5 cm³/mol. The second-order valence-corrected chi connectivity index (χ2v) is 8.61. The number of thiophene rings is 1. The Bertz CT molecular complexity index is 767. The van der Waals surface area contributed by atoms with Crippen LogP contribution in [-0.4, -0.2) is 43.8 Å². The maximum absolute atomic E-state index is 13.2. The quantitative estimate of drug-likeness (QED) is 0.848. The van der Waals surface area contributed by atoms with E-state index in [9.17, 15) is 12.8 Å². The Morgan fingerprint density at radius 2 is 1.91 bits per heavy atom. The number of hydrogen-bond donors (Lipinski definition) is 0. The van der Waals surface area contributed by atoms with Gasteiger partial charge in [-0.15, -0.1) is 11.3 Å². The van der Waals surface area contributed by atoms with Crippen molar-refractivity contribution in [2.24, 2.45) is 0 Å². The van der Waals surface area contributed by atoms with Crippen molar-refractivity contribution in [2.75, 3.05) is 26.2 Å². The van der Waals surface area contributed by atoms with Crippen LogP contribution >= 0.6 is 11.3 Å². The number of benzene rings is 1. The molecule has 0 aliphatic carbocycles. The largest absolute Gasteiger partial charge is 0.296 e. The average molecular weight is 354 g/mol. The molecule has 0 amide bonds. The smallest absolute Gasteiger partial charge is 0.243 e. The average Bonchev–Trinajstić information content (AvgIpc) is 3.00. The van der Waals surface area contributed by atoms with Crippen LogP contribution in [0.5, 0.6) is 0 Å². The first-order valence-corrected chi connectivity index (χ1v) is 9.80. The third-order valence-electron chi connectivity index (χ3n) is 4.05. The molecule has 0 bridgehead atoms. The van der Waals surface area contributed by atoms with Crippen molar-refractivity contribution in [3.63, 3.8) is 0 Å². The number of sulfonamides is 1. The van der Waals surface area contributed by atoms with Gasteiger partial charge >= 0.3 is 0 Å². The Labute approximate surface area is 140 Å². The van der Waals surface area contributed by atoms with Crippen molar-refractivity contribution in [3.05, 3.63) is 52.0 Å². The van der Waals surface area contributed by atoms with Gasteiger partial charge in [-0.05, 0) is 42.1 Å². The van der Waals surface area contributed by atoms with E-state index in [0.717, 1.165) is 6.54 Å². The first-order chi connectivity index (χ1) is 11.0. The minimum atomic E-state index is -3.55. The van der Waals surface area contributed by atoms with Gasteiger partial charge in [-0.25, -0.2) is 12.8 Å². The molecule has 4 nitrogen and oxygen atoms in total. The molecule has 1 aliphatic heterocycles. The van der Waals surface area contributed by atoms with Gasteiger partial charge in [0, 0.05) is 37.6 Å². The highest BCUT2D eigenvalue weighted by Gasteiger charge is 2.29. The predicted octanol–water partition coefficient (Wildman–Crippen LogP) is 2.70. The van der Waals surface area contributed by atoms with Gasteiger partial charge in [-0.2, -0.15) is 4.31 Å². The lowest BCUT2D eigenvalue weighted by molar-refractivity contribution is 0.183. The van der Waals surface area contributed by atoms with E-state index in [1.165, 1.54) is 27.4 Å². The summed E-state index contributed by atoms with van der Waals surface area (Å²) in [6.07, 6.45) is 0. The van der Waals surface area contributed by atoms with Crippen molar-refractivity contribution in [3.8, 4) is 0 Å². The molecule has 23 heavy (non-hydrogen) atoms. The highest BCUT2D eigenvalue weighted by atomic mass is 32.2. The Kier molecular flexibility index (Phi) is 4.82. The van der Waals surface area contributed by atoms with E-state index in [-0.39, 0.29) is 4.90 Å². The number of nitrogens with zero attached hydrogens (tertiary/aromatic N) is 2. The van der Waals surface area contributed by atoms with Gasteiger partial charge in [-0.3, -0.25) is 4.90 Å². The third kappa shape index (κ3) is 3.63. The molecular weight excluding hydrogens is 335 g/mol. The highest BCUT2D eigenvalue weighted by Crippen LogP contribution is 2.22. The van der Waals surface area contributed by atoms with Crippen LogP contribution < -0.4 is 0 Å². The van der Waals surface area contributed by atoms with Gasteiger partial charge in [0.05, 0.1) is 4.90 Å². The molecule has 3 rings (SSSR count). The van der Waals surface area contributed by atoms with E-state index in [0.29, 0.717) is 31.7 Å². The molecule has 7 heteroatoms. The second-order valence-electron chi connectivity index (χ2n) is 5.67. The SMILES string of the molecule is Cc1cc(F)ccc1S(=O)(=O)N1CCN(Cc2cccs2)CC1. The first-order valence-electron chi connectivity index (χ1n) is 7.48. The fourth-order valence-electron chi connectivity index (χ4n) is 2.79. The van der Waals surface area contributed by atoms with Crippen molar-refractivity contribution in [2.45, 2.75) is 18.4 Å². The molecule has 2 heterocycles. The van der Waals surface area contributed by atoms with Crippen molar-refractivity contribution in [1.29, 1.82) is 0 Å². The molecule has 1 aromatic heterocycles. The van der Waals surface area contributed by atoms with E-state index >= 15 is 0 Å². The number of piperazine rings is 1.